The number of hydrogen-bond donors (Lipinski definition) is 1. The van der Waals surface area contributed by atoms with Crippen molar-refractivity contribution in [3.63, 3.8) is 0 Å². The number of morpholine rings is 1. The monoisotopic (exact) mass is 342 g/mol. The Bertz CT molecular complexity index is 782. The molecule has 0 spiro atoms. The van der Waals surface area contributed by atoms with Crippen LogP contribution in [0.5, 0.6) is 5.75 Å². The van der Waals surface area contributed by atoms with E-state index in [2.05, 4.69) is 15.2 Å². The predicted molar refractivity (Wildman–Crippen MR) is 95.1 cm³/mol. The van der Waals surface area contributed by atoms with E-state index in [0.29, 0.717) is 24.9 Å². The Balaban J connectivity index is 1.52. The lowest BCUT2D eigenvalue weighted by molar-refractivity contribution is -0.0355. The number of urea groups is 1. The van der Waals surface area contributed by atoms with Crippen LogP contribution in [0, 0.1) is 0 Å². The summed E-state index contributed by atoms with van der Waals surface area (Å²) >= 11 is 0. The third-order valence-electron chi connectivity index (χ3n) is 4.92. The number of aromatic nitrogens is 1. The van der Waals surface area contributed by atoms with Crippen LogP contribution in [0.15, 0.2) is 30.5 Å². The minimum absolute atomic E-state index is 0.0828. The molecule has 0 saturated carbocycles. The van der Waals surface area contributed by atoms with Crippen molar-refractivity contribution in [1.29, 1.82) is 0 Å². The zero-order chi connectivity index (χ0) is 17.2. The summed E-state index contributed by atoms with van der Waals surface area (Å²) in [5.41, 5.74) is 1.49. The number of carbonyl (C=O) groups excluding carboxylic acids is 1. The summed E-state index contributed by atoms with van der Waals surface area (Å²) < 4.78 is 10.9. The van der Waals surface area contributed by atoms with Crippen LogP contribution in [0.3, 0.4) is 0 Å². The topological polar surface area (TPSA) is 66.9 Å². The highest BCUT2D eigenvalue weighted by Crippen LogP contribution is 2.30. The molecule has 2 aromatic rings. The first-order valence-electron chi connectivity index (χ1n) is 8.55. The molecule has 0 aliphatic carbocycles. The van der Waals surface area contributed by atoms with E-state index in [1.165, 1.54) is 0 Å². The lowest BCUT2D eigenvalue weighted by Crippen LogP contribution is -2.59. The number of hydrogen-bond acceptors (Lipinski definition) is 5. The Labute approximate surface area is 146 Å². The second kappa shape index (κ2) is 6.85. The summed E-state index contributed by atoms with van der Waals surface area (Å²) in [5.74, 6) is 0.696. The van der Waals surface area contributed by atoms with Gasteiger partial charge in [-0.2, -0.15) is 0 Å². The predicted octanol–water partition coefficient (Wildman–Crippen LogP) is 1.79. The van der Waals surface area contributed by atoms with E-state index >= 15 is 0 Å². The molecule has 0 unspecified atom stereocenters. The molecular formula is C18H22N4O3. The molecule has 1 N–H and O–H groups in total. The van der Waals surface area contributed by atoms with Gasteiger partial charge in [-0.1, -0.05) is 0 Å². The highest BCUT2D eigenvalue weighted by molar-refractivity contribution is 6.02. The Morgan fingerprint density at radius 1 is 1.32 bits per heavy atom. The molecule has 2 aliphatic heterocycles. The molecule has 2 aliphatic rings. The average molecular weight is 342 g/mol. The fraction of sp³-hybridized carbons (Fsp3) is 0.444. The fourth-order valence-corrected chi connectivity index (χ4v) is 3.55. The van der Waals surface area contributed by atoms with E-state index in [-0.39, 0.29) is 6.03 Å². The van der Waals surface area contributed by atoms with E-state index in [1.54, 1.807) is 13.3 Å². The van der Waals surface area contributed by atoms with E-state index in [4.69, 9.17) is 9.47 Å². The van der Waals surface area contributed by atoms with E-state index in [1.807, 2.05) is 29.2 Å². The van der Waals surface area contributed by atoms with Gasteiger partial charge in [0, 0.05) is 37.8 Å². The number of fused-ring (bicyclic) bond motifs is 2. The maximum absolute atomic E-state index is 12.7. The molecular weight excluding hydrogens is 320 g/mol. The van der Waals surface area contributed by atoms with Gasteiger partial charge in [-0.25, -0.2) is 4.79 Å². The molecule has 0 bridgehead atoms. The van der Waals surface area contributed by atoms with Crippen molar-refractivity contribution in [2.75, 3.05) is 51.8 Å². The summed E-state index contributed by atoms with van der Waals surface area (Å²) in [6.45, 7) is 4.75. The van der Waals surface area contributed by atoms with Gasteiger partial charge in [-0.15, -0.1) is 0 Å². The molecule has 4 rings (SSSR count). The minimum Gasteiger partial charge on any atom is -0.494 e. The van der Waals surface area contributed by atoms with Crippen molar-refractivity contribution in [2.45, 2.75) is 6.04 Å². The number of ether oxygens (including phenoxy) is 2. The number of nitrogens with zero attached hydrogens (tertiary/aromatic N) is 3. The zero-order valence-corrected chi connectivity index (χ0v) is 14.3. The van der Waals surface area contributed by atoms with Gasteiger partial charge in [0.2, 0.25) is 0 Å². The number of carbonyl (C=O) groups is 1. The highest BCUT2D eigenvalue weighted by atomic mass is 16.5. The summed E-state index contributed by atoms with van der Waals surface area (Å²) in [6, 6.07) is 7.70. The third kappa shape index (κ3) is 3.12. The molecule has 1 aromatic heterocycles. The van der Waals surface area contributed by atoms with Crippen LogP contribution in [-0.2, 0) is 4.74 Å². The minimum atomic E-state index is -0.0828. The number of anilines is 1. The van der Waals surface area contributed by atoms with Gasteiger partial charge in [0.05, 0.1) is 32.1 Å². The summed E-state index contributed by atoms with van der Waals surface area (Å²) in [5, 5.41) is 3.90. The number of methoxy groups -OCH3 is 1. The third-order valence-corrected chi connectivity index (χ3v) is 4.92. The van der Waals surface area contributed by atoms with Crippen LogP contribution >= 0.6 is 0 Å². The van der Waals surface area contributed by atoms with Gasteiger partial charge < -0.3 is 19.7 Å². The van der Waals surface area contributed by atoms with Crippen LogP contribution < -0.4 is 10.1 Å². The number of rotatable bonds is 2. The zero-order valence-electron chi connectivity index (χ0n) is 14.3. The van der Waals surface area contributed by atoms with Gasteiger partial charge in [0.25, 0.3) is 0 Å². The van der Waals surface area contributed by atoms with Crippen LogP contribution in [0.1, 0.15) is 0 Å². The van der Waals surface area contributed by atoms with Crippen LogP contribution in [0.4, 0.5) is 10.5 Å². The Hall–Kier alpha value is -2.38. The normalized spacial score (nSPS) is 21.0. The molecule has 2 saturated heterocycles. The molecule has 7 nitrogen and oxygen atoms in total. The number of amides is 2. The van der Waals surface area contributed by atoms with Crippen molar-refractivity contribution >= 4 is 22.6 Å². The fourth-order valence-electron chi connectivity index (χ4n) is 3.55. The highest BCUT2D eigenvalue weighted by Gasteiger charge is 2.31. The number of benzene rings is 1. The van der Waals surface area contributed by atoms with Gasteiger partial charge in [-0.05, 0) is 24.3 Å². The molecule has 3 heterocycles. The van der Waals surface area contributed by atoms with Crippen molar-refractivity contribution < 1.29 is 14.3 Å². The molecule has 7 heteroatoms. The lowest BCUT2D eigenvalue weighted by Gasteiger charge is -2.43. The molecule has 2 fully saturated rings. The van der Waals surface area contributed by atoms with E-state index in [9.17, 15) is 4.79 Å². The standard InChI is InChI=1S/C18H22N4O3/c1-24-16-5-4-15(14-3-2-6-19-17(14)16)20-18(23)22-8-7-21-9-10-25-12-13(21)11-22/h2-6,13H,7-12H2,1H3,(H,20,23)/t13-/m0/s1. The maximum Gasteiger partial charge on any atom is 0.321 e. The largest absolute Gasteiger partial charge is 0.494 e. The SMILES string of the molecule is COc1ccc(NC(=O)N2CCN3CCOC[C@@H]3C2)c2cccnc12. The first kappa shape index (κ1) is 16.1. The number of pyridine rings is 1. The van der Waals surface area contributed by atoms with Gasteiger partial charge in [-0.3, -0.25) is 9.88 Å². The Kier molecular flexibility index (Phi) is 4.42. The van der Waals surface area contributed by atoms with Crippen molar-refractivity contribution in [3.8, 4) is 5.75 Å². The smallest absolute Gasteiger partial charge is 0.321 e. The summed E-state index contributed by atoms with van der Waals surface area (Å²) in [6.07, 6.45) is 1.72. The summed E-state index contributed by atoms with van der Waals surface area (Å²) in [7, 11) is 1.62. The Morgan fingerprint density at radius 2 is 2.24 bits per heavy atom. The number of piperazine rings is 1. The van der Waals surface area contributed by atoms with Crippen molar-refractivity contribution in [1.82, 2.24) is 14.8 Å². The van der Waals surface area contributed by atoms with Crippen LogP contribution in [0.2, 0.25) is 0 Å². The van der Waals surface area contributed by atoms with Crippen LogP contribution in [0.25, 0.3) is 10.9 Å². The molecule has 1 aromatic carbocycles. The first-order valence-corrected chi connectivity index (χ1v) is 8.55. The summed E-state index contributed by atoms with van der Waals surface area (Å²) in [4.78, 5) is 21.4. The van der Waals surface area contributed by atoms with Crippen molar-refractivity contribution in [2.24, 2.45) is 0 Å². The van der Waals surface area contributed by atoms with Crippen molar-refractivity contribution in [3.05, 3.63) is 30.5 Å². The van der Waals surface area contributed by atoms with E-state index in [0.717, 1.165) is 42.8 Å². The average Bonchev–Trinajstić information content (AvgIpc) is 2.68. The van der Waals surface area contributed by atoms with Crippen LogP contribution in [-0.4, -0.2) is 73.4 Å². The molecule has 1 atom stereocenters. The maximum atomic E-state index is 12.7. The quantitative estimate of drug-likeness (QED) is 0.901. The van der Waals surface area contributed by atoms with Gasteiger partial charge >= 0.3 is 6.03 Å². The molecule has 132 valence electrons. The molecule has 25 heavy (non-hydrogen) atoms. The number of nitrogens with one attached hydrogen (secondary N) is 1. The molecule has 0 radical (unpaired) electrons. The second-order valence-corrected chi connectivity index (χ2v) is 6.36. The van der Waals surface area contributed by atoms with E-state index < -0.39 is 0 Å². The molecule has 2 amide bonds. The first-order chi connectivity index (χ1) is 12.3. The Morgan fingerprint density at radius 3 is 3.12 bits per heavy atom. The second-order valence-electron chi connectivity index (χ2n) is 6.36. The van der Waals surface area contributed by atoms with Gasteiger partial charge in [0.15, 0.2) is 0 Å². The lowest BCUT2D eigenvalue weighted by atomic mass is 10.1. The van der Waals surface area contributed by atoms with Gasteiger partial charge in [0.1, 0.15) is 11.3 Å².